The van der Waals surface area contributed by atoms with Gasteiger partial charge in [-0.25, -0.2) is 8.42 Å². The highest BCUT2D eigenvalue weighted by atomic mass is 32.2. The molecule has 2 aromatic heterocycles. The van der Waals surface area contributed by atoms with E-state index in [9.17, 15) is 8.42 Å². The van der Waals surface area contributed by atoms with Crippen LogP contribution in [-0.2, 0) is 16.4 Å². The van der Waals surface area contributed by atoms with Crippen molar-refractivity contribution in [1.29, 1.82) is 0 Å². The number of nitrogens with zero attached hydrogens (tertiary/aromatic N) is 4. The van der Waals surface area contributed by atoms with Gasteiger partial charge in [0, 0.05) is 0 Å². The van der Waals surface area contributed by atoms with Crippen LogP contribution in [0.3, 0.4) is 0 Å². The van der Waals surface area contributed by atoms with Crippen LogP contribution >= 0.6 is 0 Å². The predicted molar refractivity (Wildman–Crippen MR) is 119 cm³/mol. The van der Waals surface area contributed by atoms with Gasteiger partial charge < -0.3 is 11.1 Å². The minimum Gasteiger partial charge on any atom is -0.368 e. The SMILES string of the molecule is Cc1ccc(S(=O)(=O)N2CC(Nc3nc(N)nc4[nH]ncc34)Cc3ccccc32)cc1. The number of rotatable bonds is 4. The second kappa shape index (κ2) is 7.24. The van der Waals surface area contributed by atoms with Gasteiger partial charge >= 0.3 is 0 Å². The molecule has 9 nitrogen and oxygen atoms in total. The molecule has 0 spiro atoms. The maximum Gasteiger partial charge on any atom is 0.264 e. The molecule has 0 saturated carbocycles. The molecule has 3 heterocycles. The largest absolute Gasteiger partial charge is 0.368 e. The number of benzene rings is 2. The fraction of sp³-hybridized carbons (Fsp3) is 0.190. The van der Waals surface area contributed by atoms with Crippen molar-refractivity contribution in [3.05, 3.63) is 65.9 Å². The normalized spacial score (nSPS) is 16.3. The average molecular weight is 436 g/mol. The zero-order valence-corrected chi connectivity index (χ0v) is 17.6. The molecule has 1 aliphatic heterocycles. The first-order valence-electron chi connectivity index (χ1n) is 9.82. The fourth-order valence-corrected chi connectivity index (χ4v) is 5.42. The van der Waals surface area contributed by atoms with Gasteiger partial charge in [0.2, 0.25) is 5.95 Å². The number of nitrogens with one attached hydrogen (secondary N) is 2. The Bertz CT molecular complexity index is 1370. The molecule has 158 valence electrons. The van der Waals surface area contributed by atoms with Crippen molar-refractivity contribution in [2.45, 2.75) is 24.3 Å². The van der Waals surface area contributed by atoms with E-state index in [1.165, 1.54) is 4.31 Å². The number of hydrogen-bond acceptors (Lipinski definition) is 7. The zero-order chi connectivity index (χ0) is 21.6. The summed E-state index contributed by atoms with van der Waals surface area (Å²) in [6, 6.07) is 14.2. The molecule has 0 bridgehead atoms. The number of anilines is 3. The Labute approximate surface area is 179 Å². The highest BCUT2D eigenvalue weighted by molar-refractivity contribution is 7.92. The molecule has 4 aromatic rings. The lowest BCUT2D eigenvalue weighted by molar-refractivity contribution is 0.581. The molecule has 2 aromatic carbocycles. The summed E-state index contributed by atoms with van der Waals surface area (Å²) in [5, 5.41) is 10.8. The van der Waals surface area contributed by atoms with Crippen LogP contribution in [0.15, 0.2) is 59.6 Å². The second-order valence-electron chi connectivity index (χ2n) is 7.59. The van der Waals surface area contributed by atoms with Crippen LogP contribution in [0.2, 0.25) is 0 Å². The number of para-hydroxylation sites is 1. The second-order valence-corrected chi connectivity index (χ2v) is 9.45. The number of hydrogen-bond donors (Lipinski definition) is 3. The van der Waals surface area contributed by atoms with Gasteiger partial charge in [-0.3, -0.25) is 9.40 Å². The summed E-state index contributed by atoms with van der Waals surface area (Å²) in [4.78, 5) is 8.70. The fourth-order valence-electron chi connectivity index (χ4n) is 3.87. The summed E-state index contributed by atoms with van der Waals surface area (Å²) in [6.45, 7) is 2.17. The van der Waals surface area contributed by atoms with E-state index in [0.29, 0.717) is 29.0 Å². The first-order chi connectivity index (χ1) is 14.9. The van der Waals surface area contributed by atoms with Gasteiger partial charge in [-0.2, -0.15) is 15.1 Å². The summed E-state index contributed by atoms with van der Waals surface area (Å²) in [5.41, 5.74) is 8.99. The van der Waals surface area contributed by atoms with Crippen LogP contribution < -0.4 is 15.4 Å². The molecule has 0 radical (unpaired) electrons. The number of nitrogens with two attached hydrogens (primary N) is 1. The molecule has 31 heavy (non-hydrogen) atoms. The summed E-state index contributed by atoms with van der Waals surface area (Å²) in [6.07, 6.45) is 2.26. The van der Waals surface area contributed by atoms with Gasteiger partial charge in [0.25, 0.3) is 10.0 Å². The number of H-pyrrole nitrogens is 1. The molecule has 1 atom stereocenters. The van der Waals surface area contributed by atoms with E-state index in [1.807, 2.05) is 31.2 Å². The molecule has 0 aliphatic carbocycles. The molecule has 10 heteroatoms. The van der Waals surface area contributed by atoms with E-state index < -0.39 is 10.0 Å². The predicted octanol–water partition coefficient (Wildman–Crippen LogP) is 2.48. The molecule has 0 amide bonds. The van der Waals surface area contributed by atoms with E-state index in [2.05, 4.69) is 25.5 Å². The first kappa shape index (κ1) is 19.3. The Hall–Kier alpha value is -3.66. The van der Waals surface area contributed by atoms with Crippen LogP contribution in [0.25, 0.3) is 11.0 Å². The van der Waals surface area contributed by atoms with Crippen molar-refractivity contribution in [1.82, 2.24) is 20.2 Å². The van der Waals surface area contributed by atoms with Gasteiger partial charge in [0.15, 0.2) is 5.65 Å². The summed E-state index contributed by atoms with van der Waals surface area (Å²) < 4.78 is 28.5. The van der Waals surface area contributed by atoms with Crippen molar-refractivity contribution >= 4 is 38.5 Å². The molecule has 1 aliphatic rings. The lowest BCUT2D eigenvalue weighted by Gasteiger charge is -2.35. The summed E-state index contributed by atoms with van der Waals surface area (Å²) in [7, 11) is -3.74. The van der Waals surface area contributed by atoms with E-state index >= 15 is 0 Å². The van der Waals surface area contributed by atoms with E-state index in [4.69, 9.17) is 5.73 Å². The standard InChI is InChI=1S/C21H21N7O2S/c1-13-6-8-16(9-7-13)31(29,30)28-12-15(10-14-4-2-3-5-18(14)28)24-19-17-11-23-27-20(17)26-21(22)25-19/h2-9,11,15H,10,12H2,1H3,(H4,22,23,24,25,26,27). The third-order valence-corrected chi connectivity index (χ3v) is 7.18. The number of nitrogen functional groups attached to an aromatic ring is 1. The van der Waals surface area contributed by atoms with Crippen LogP contribution in [0, 0.1) is 6.92 Å². The lowest BCUT2D eigenvalue weighted by atomic mass is 9.99. The molecule has 4 N–H and O–H groups in total. The van der Waals surface area contributed by atoms with Crippen LogP contribution in [0.4, 0.5) is 17.5 Å². The minimum atomic E-state index is -3.74. The average Bonchev–Trinajstić information content (AvgIpc) is 3.22. The number of aromatic nitrogens is 4. The number of sulfonamides is 1. The van der Waals surface area contributed by atoms with Gasteiger partial charge in [-0.15, -0.1) is 0 Å². The monoisotopic (exact) mass is 435 g/mol. The van der Waals surface area contributed by atoms with Crippen LogP contribution in [0.1, 0.15) is 11.1 Å². The third kappa shape index (κ3) is 3.44. The summed E-state index contributed by atoms with van der Waals surface area (Å²) in [5.74, 6) is 0.632. The maximum atomic E-state index is 13.5. The van der Waals surface area contributed by atoms with E-state index in [-0.39, 0.29) is 23.4 Å². The maximum absolute atomic E-state index is 13.5. The Balaban J connectivity index is 1.53. The van der Waals surface area contributed by atoms with Crippen molar-refractivity contribution in [3.8, 4) is 0 Å². The molecular formula is C21H21N7O2S. The molecule has 0 fully saturated rings. The molecule has 5 rings (SSSR count). The third-order valence-electron chi connectivity index (χ3n) is 5.39. The summed E-state index contributed by atoms with van der Waals surface area (Å²) >= 11 is 0. The van der Waals surface area contributed by atoms with Gasteiger partial charge in [-0.1, -0.05) is 35.9 Å². The quantitative estimate of drug-likeness (QED) is 0.449. The van der Waals surface area contributed by atoms with Crippen molar-refractivity contribution in [2.75, 3.05) is 21.9 Å². The molecule has 0 saturated heterocycles. The Morgan fingerprint density at radius 1 is 1.13 bits per heavy atom. The van der Waals surface area contributed by atoms with Crippen molar-refractivity contribution in [2.24, 2.45) is 0 Å². The Morgan fingerprint density at radius 3 is 2.71 bits per heavy atom. The van der Waals surface area contributed by atoms with Crippen molar-refractivity contribution in [3.63, 3.8) is 0 Å². The van der Waals surface area contributed by atoms with E-state index in [1.54, 1.807) is 30.5 Å². The van der Waals surface area contributed by atoms with E-state index in [0.717, 1.165) is 11.1 Å². The van der Waals surface area contributed by atoms with Gasteiger partial charge in [0.05, 0.1) is 34.8 Å². The van der Waals surface area contributed by atoms with Crippen LogP contribution in [0.5, 0.6) is 0 Å². The number of aromatic amines is 1. The molecule has 1 unspecified atom stereocenters. The number of fused-ring (bicyclic) bond motifs is 2. The Kier molecular flexibility index (Phi) is 4.51. The molecular weight excluding hydrogens is 414 g/mol. The highest BCUT2D eigenvalue weighted by Crippen LogP contribution is 2.33. The number of aryl methyl sites for hydroxylation is 1. The zero-order valence-electron chi connectivity index (χ0n) is 16.8. The van der Waals surface area contributed by atoms with Gasteiger partial charge in [0.1, 0.15) is 5.82 Å². The van der Waals surface area contributed by atoms with Crippen molar-refractivity contribution < 1.29 is 8.42 Å². The minimum absolute atomic E-state index is 0.111. The first-order valence-corrected chi connectivity index (χ1v) is 11.3. The Morgan fingerprint density at radius 2 is 1.90 bits per heavy atom. The highest BCUT2D eigenvalue weighted by Gasteiger charge is 2.33. The smallest absolute Gasteiger partial charge is 0.264 e. The van der Waals surface area contributed by atoms with Gasteiger partial charge in [-0.05, 0) is 37.1 Å². The topological polar surface area (TPSA) is 130 Å². The van der Waals surface area contributed by atoms with Crippen LogP contribution in [-0.4, -0.2) is 41.2 Å². The lowest BCUT2D eigenvalue weighted by Crippen LogP contribution is -2.45.